The Morgan fingerprint density at radius 2 is 2.11 bits per heavy atom. The number of nitrogens with zero attached hydrogens (tertiary/aromatic N) is 2. The number of anilines is 1. The van der Waals surface area contributed by atoms with Gasteiger partial charge >= 0.3 is 5.97 Å². The van der Waals surface area contributed by atoms with Gasteiger partial charge in [-0.1, -0.05) is 20.8 Å². The van der Waals surface area contributed by atoms with Gasteiger partial charge in [-0.2, -0.15) is 4.98 Å². The van der Waals surface area contributed by atoms with Crippen molar-refractivity contribution in [1.82, 2.24) is 4.98 Å². The normalized spacial score (nSPS) is 11.8. The average molecular weight is 262 g/mol. The third-order valence-corrected chi connectivity index (χ3v) is 2.66. The first-order valence-electron chi connectivity index (χ1n) is 6.11. The Morgan fingerprint density at radius 3 is 2.68 bits per heavy atom. The lowest BCUT2D eigenvalue weighted by molar-refractivity contribution is 0.0697. The fourth-order valence-corrected chi connectivity index (χ4v) is 1.99. The van der Waals surface area contributed by atoms with Gasteiger partial charge in [0.05, 0.1) is 5.56 Å². The number of hydrogen-bond donors (Lipinski definition) is 1. The van der Waals surface area contributed by atoms with Crippen molar-refractivity contribution in [2.45, 2.75) is 20.8 Å². The van der Waals surface area contributed by atoms with Crippen LogP contribution in [0.15, 0.2) is 22.6 Å². The first-order valence-corrected chi connectivity index (χ1v) is 6.11. The molecule has 5 nitrogen and oxygen atoms in total. The molecule has 1 heterocycles. The van der Waals surface area contributed by atoms with E-state index in [0.29, 0.717) is 17.1 Å². The van der Waals surface area contributed by atoms with E-state index in [2.05, 4.69) is 25.8 Å². The van der Waals surface area contributed by atoms with Crippen molar-refractivity contribution in [3.63, 3.8) is 0 Å². The Kier molecular flexibility index (Phi) is 3.22. The number of aromatic carboxylic acids is 1. The van der Waals surface area contributed by atoms with Gasteiger partial charge in [0.25, 0.3) is 6.01 Å². The monoisotopic (exact) mass is 262 g/mol. The molecule has 2 aromatic rings. The summed E-state index contributed by atoms with van der Waals surface area (Å²) in [5, 5.41) is 8.94. The van der Waals surface area contributed by atoms with Crippen LogP contribution in [-0.4, -0.2) is 29.7 Å². The van der Waals surface area contributed by atoms with Crippen LogP contribution in [0.3, 0.4) is 0 Å². The minimum Gasteiger partial charge on any atom is -0.478 e. The zero-order valence-electron chi connectivity index (χ0n) is 11.6. The summed E-state index contributed by atoms with van der Waals surface area (Å²) in [6.45, 7) is 7.20. The highest BCUT2D eigenvalue weighted by Crippen LogP contribution is 2.24. The summed E-state index contributed by atoms with van der Waals surface area (Å²) in [7, 11) is 1.91. The summed E-state index contributed by atoms with van der Waals surface area (Å²) in [6.07, 6.45) is 0. The molecule has 5 heteroatoms. The van der Waals surface area contributed by atoms with E-state index >= 15 is 0 Å². The highest BCUT2D eigenvalue weighted by Gasteiger charge is 2.18. The molecular weight excluding hydrogens is 244 g/mol. The number of hydrogen-bond acceptors (Lipinski definition) is 4. The Balaban J connectivity index is 2.33. The van der Waals surface area contributed by atoms with Crippen LogP contribution in [0.2, 0.25) is 0 Å². The largest absolute Gasteiger partial charge is 0.478 e. The van der Waals surface area contributed by atoms with Gasteiger partial charge in [0.1, 0.15) is 5.52 Å². The molecule has 0 aliphatic rings. The number of carboxylic acid groups (broad SMARTS) is 1. The molecule has 102 valence electrons. The first-order chi connectivity index (χ1) is 8.76. The van der Waals surface area contributed by atoms with Crippen LogP contribution in [0.4, 0.5) is 6.01 Å². The second-order valence-corrected chi connectivity index (χ2v) is 5.90. The highest BCUT2D eigenvalue weighted by atomic mass is 16.4. The maximum Gasteiger partial charge on any atom is 0.335 e. The predicted molar refractivity (Wildman–Crippen MR) is 73.7 cm³/mol. The van der Waals surface area contributed by atoms with E-state index in [0.717, 1.165) is 6.54 Å². The van der Waals surface area contributed by atoms with Gasteiger partial charge in [-0.15, -0.1) is 0 Å². The molecule has 2 rings (SSSR count). The zero-order chi connectivity index (χ0) is 14.2. The van der Waals surface area contributed by atoms with Gasteiger partial charge in [-0.05, 0) is 23.6 Å². The van der Waals surface area contributed by atoms with Gasteiger partial charge in [0.15, 0.2) is 5.58 Å². The molecule has 0 radical (unpaired) electrons. The number of fused-ring (bicyclic) bond motifs is 1. The van der Waals surface area contributed by atoms with E-state index in [4.69, 9.17) is 9.52 Å². The summed E-state index contributed by atoms with van der Waals surface area (Å²) in [4.78, 5) is 17.2. The standard InChI is InChI=1S/C14H18N2O3/c1-14(2,3)8-16(4)13-15-10-6-5-9(12(17)18)7-11(10)19-13/h5-7H,8H2,1-4H3,(H,17,18). The topological polar surface area (TPSA) is 66.6 Å². The smallest absolute Gasteiger partial charge is 0.335 e. The number of carboxylic acids is 1. The van der Waals surface area contributed by atoms with Gasteiger partial charge in [0.2, 0.25) is 0 Å². The fraction of sp³-hybridized carbons (Fsp3) is 0.429. The molecule has 0 unspecified atom stereocenters. The van der Waals surface area contributed by atoms with E-state index in [1.165, 1.54) is 12.1 Å². The van der Waals surface area contributed by atoms with E-state index in [9.17, 15) is 4.79 Å². The van der Waals surface area contributed by atoms with E-state index in [-0.39, 0.29) is 11.0 Å². The second-order valence-electron chi connectivity index (χ2n) is 5.90. The SMILES string of the molecule is CN(CC(C)(C)C)c1nc2ccc(C(=O)O)cc2o1. The molecule has 1 aromatic carbocycles. The first kappa shape index (κ1) is 13.4. The van der Waals surface area contributed by atoms with Crippen LogP contribution in [0.5, 0.6) is 0 Å². The third-order valence-electron chi connectivity index (χ3n) is 2.66. The number of aromatic nitrogens is 1. The van der Waals surface area contributed by atoms with Gasteiger partial charge in [0, 0.05) is 13.6 Å². The number of carbonyl (C=O) groups is 1. The van der Waals surface area contributed by atoms with E-state index in [1.54, 1.807) is 6.07 Å². The Labute approximate surface area is 111 Å². The maximum absolute atomic E-state index is 10.9. The zero-order valence-corrected chi connectivity index (χ0v) is 11.6. The molecule has 0 saturated carbocycles. The molecule has 1 N–H and O–H groups in total. The van der Waals surface area contributed by atoms with Crippen LogP contribution in [0, 0.1) is 5.41 Å². The molecular formula is C14H18N2O3. The molecule has 0 aliphatic heterocycles. The molecule has 19 heavy (non-hydrogen) atoms. The molecule has 0 saturated heterocycles. The quantitative estimate of drug-likeness (QED) is 0.921. The molecule has 0 atom stereocenters. The molecule has 0 aliphatic carbocycles. The third kappa shape index (κ3) is 3.05. The minimum absolute atomic E-state index is 0.127. The Hall–Kier alpha value is -2.04. The van der Waals surface area contributed by atoms with Crippen LogP contribution in [-0.2, 0) is 0 Å². The Bertz CT molecular complexity index is 611. The fourth-order valence-electron chi connectivity index (χ4n) is 1.99. The molecule has 0 bridgehead atoms. The number of rotatable bonds is 3. The molecule has 1 aromatic heterocycles. The van der Waals surface area contributed by atoms with Crippen molar-refractivity contribution in [1.29, 1.82) is 0 Å². The summed E-state index contributed by atoms with van der Waals surface area (Å²) < 4.78 is 5.62. The van der Waals surface area contributed by atoms with Gasteiger partial charge in [-0.3, -0.25) is 0 Å². The van der Waals surface area contributed by atoms with Crippen LogP contribution >= 0.6 is 0 Å². The van der Waals surface area contributed by atoms with Crippen LogP contribution in [0.1, 0.15) is 31.1 Å². The minimum atomic E-state index is -0.970. The second kappa shape index (κ2) is 4.57. The summed E-state index contributed by atoms with van der Waals surface area (Å²) in [5.41, 5.74) is 1.49. The highest BCUT2D eigenvalue weighted by molar-refractivity contribution is 5.92. The predicted octanol–water partition coefficient (Wildman–Crippen LogP) is 3.01. The summed E-state index contributed by atoms with van der Waals surface area (Å²) >= 11 is 0. The molecule has 0 amide bonds. The van der Waals surface area contributed by atoms with Crippen molar-refractivity contribution >= 4 is 23.1 Å². The van der Waals surface area contributed by atoms with Crippen LogP contribution < -0.4 is 4.90 Å². The Morgan fingerprint density at radius 1 is 1.42 bits per heavy atom. The summed E-state index contributed by atoms with van der Waals surface area (Å²) in [6, 6.07) is 5.20. The van der Waals surface area contributed by atoms with Gasteiger partial charge < -0.3 is 14.4 Å². The van der Waals surface area contributed by atoms with Crippen molar-refractivity contribution in [3.8, 4) is 0 Å². The van der Waals surface area contributed by atoms with Crippen molar-refractivity contribution in [2.24, 2.45) is 5.41 Å². The van der Waals surface area contributed by atoms with Crippen molar-refractivity contribution in [2.75, 3.05) is 18.5 Å². The summed E-state index contributed by atoms with van der Waals surface area (Å²) in [5.74, 6) is -0.970. The van der Waals surface area contributed by atoms with Crippen molar-refractivity contribution in [3.05, 3.63) is 23.8 Å². The van der Waals surface area contributed by atoms with Crippen molar-refractivity contribution < 1.29 is 14.3 Å². The number of oxazole rings is 1. The molecule has 0 fully saturated rings. The average Bonchev–Trinajstić information content (AvgIpc) is 2.68. The van der Waals surface area contributed by atoms with Gasteiger partial charge in [-0.25, -0.2) is 4.79 Å². The van der Waals surface area contributed by atoms with Crippen LogP contribution in [0.25, 0.3) is 11.1 Å². The molecule has 0 spiro atoms. The van der Waals surface area contributed by atoms with E-state index in [1.807, 2.05) is 11.9 Å². The lowest BCUT2D eigenvalue weighted by atomic mass is 9.96. The lowest BCUT2D eigenvalue weighted by Crippen LogP contribution is -2.29. The van der Waals surface area contributed by atoms with E-state index < -0.39 is 5.97 Å². The lowest BCUT2D eigenvalue weighted by Gasteiger charge is -2.25. The maximum atomic E-state index is 10.9. The number of benzene rings is 1.